The van der Waals surface area contributed by atoms with Crippen LogP contribution in [0.5, 0.6) is 0 Å². The normalized spacial score (nSPS) is 11.6. The Morgan fingerprint density at radius 3 is 2.67 bits per heavy atom. The molecule has 1 aromatic carbocycles. The van der Waals surface area contributed by atoms with Crippen LogP contribution in [0, 0.1) is 6.92 Å². The van der Waals surface area contributed by atoms with E-state index >= 15 is 0 Å². The first-order chi connectivity index (χ1) is 6.97. The molecule has 0 bridgehead atoms. The number of sulfone groups is 1. The predicted octanol–water partition coefficient (Wildman–Crippen LogP) is 0.733. The number of benzene rings is 1. The second kappa shape index (κ2) is 4.63. The van der Waals surface area contributed by atoms with E-state index in [0.717, 1.165) is 0 Å². The third-order valence-corrected chi connectivity index (χ3v) is 4.05. The number of rotatable bonds is 4. The minimum absolute atomic E-state index is 0.0478. The lowest BCUT2D eigenvalue weighted by atomic mass is 10.2. The van der Waals surface area contributed by atoms with Gasteiger partial charge in [-0.25, -0.2) is 8.42 Å². The summed E-state index contributed by atoms with van der Waals surface area (Å²) >= 11 is 0. The lowest BCUT2D eigenvalue weighted by molar-refractivity contribution is 0.295. The van der Waals surface area contributed by atoms with E-state index in [9.17, 15) is 8.42 Å². The van der Waals surface area contributed by atoms with E-state index in [4.69, 9.17) is 10.8 Å². The van der Waals surface area contributed by atoms with Crippen molar-refractivity contribution in [3.8, 4) is 0 Å². The molecule has 0 saturated heterocycles. The zero-order valence-electron chi connectivity index (χ0n) is 8.60. The number of anilines is 1. The lowest BCUT2D eigenvalue weighted by Crippen LogP contribution is -2.10. The lowest BCUT2D eigenvalue weighted by Gasteiger charge is -2.07. The smallest absolute Gasteiger partial charge is 0.178 e. The first-order valence-corrected chi connectivity index (χ1v) is 6.32. The molecule has 0 radical (unpaired) electrons. The maximum Gasteiger partial charge on any atom is 0.178 e. The Balaban J connectivity index is 3.09. The van der Waals surface area contributed by atoms with Crippen molar-refractivity contribution in [2.75, 3.05) is 18.1 Å². The molecule has 0 spiro atoms. The van der Waals surface area contributed by atoms with Crippen LogP contribution < -0.4 is 5.73 Å². The van der Waals surface area contributed by atoms with Crippen molar-refractivity contribution < 1.29 is 13.5 Å². The van der Waals surface area contributed by atoms with Crippen LogP contribution in [-0.2, 0) is 9.84 Å². The summed E-state index contributed by atoms with van der Waals surface area (Å²) in [6.07, 6.45) is 0.247. The van der Waals surface area contributed by atoms with Crippen molar-refractivity contribution in [2.45, 2.75) is 18.2 Å². The van der Waals surface area contributed by atoms with Crippen LogP contribution in [0.15, 0.2) is 23.1 Å². The fraction of sp³-hybridized carbons (Fsp3) is 0.400. The molecule has 0 amide bonds. The monoisotopic (exact) mass is 229 g/mol. The highest BCUT2D eigenvalue weighted by Crippen LogP contribution is 2.19. The summed E-state index contributed by atoms with van der Waals surface area (Å²) in [6, 6.07) is 4.81. The molecule has 0 aliphatic carbocycles. The summed E-state index contributed by atoms with van der Waals surface area (Å²) in [6.45, 7) is 1.60. The van der Waals surface area contributed by atoms with Gasteiger partial charge in [0.15, 0.2) is 9.84 Å². The Morgan fingerprint density at radius 2 is 2.07 bits per heavy atom. The average molecular weight is 229 g/mol. The number of aliphatic hydroxyl groups excluding tert-OH is 1. The molecule has 0 aliphatic heterocycles. The van der Waals surface area contributed by atoms with Crippen molar-refractivity contribution in [3.63, 3.8) is 0 Å². The molecule has 0 saturated carbocycles. The van der Waals surface area contributed by atoms with E-state index in [-0.39, 0.29) is 23.7 Å². The first-order valence-electron chi connectivity index (χ1n) is 4.67. The number of nitrogens with two attached hydrogens (primary N) is 1. The molecule has 84 valence electrons. The molecule has 1 aromatic rings. The molecule has 1 rings (SSSR count). The van der Waals surface area contributed by atoms with Crippen LogP contribution >= 0.6 is 0 Å². The highest BCUT2D eigenvalue weighted by molar-refractivity contribution is 7.91. The van der Waals surface area contributed by atoms with E-state index in [2.05, 4.69) is 0 Å². The van der Waals surface area contributed by atoms with Crippen molar-refractivity contribution in [2.24, 2.45) is 0 Å². The van der Waals surface area contributed by atoms with E-state index in [0.29, 0.717) is 11.3 Å². The predicted molar refractivity (Wildman–Crippen MR) is 59.3 cm³/mol. The van der Waals surface area contributed by atoms with E-state index in [1.54, 1.807) is 19.1 Å². The van der Waals surface area contributed by atoms with Crippen molar-refractivity contribution >= 4 is 15.5 Å². The molecular weight excluding hydrogens is 214 g/mol. The summed E-state index contributed by atoms with van der Waals surface area (Å²) in [5.41, 5.74) is 6.66. The van der Waals surface area contributed by atoms with Gasteiger partial charge in [-0.1, -0.05) is 6.07 Å². The molecular formula is C10H15NO3S. The van der Waals surface area contributed by atoms with E-state index < -0.39 is 9.84 Å². The largest absolute Gasteiger partial charge is 0.399 e. The zero-order chi connectivity index (χ0) is 11.5. The SMILES string of the molecule is Cc1ccc(N)cc1S(=O)(=O)CCCO. The van der Waals surface area contributed by atoms with Gasteiger partial charge in [-0.05, 0) is 31.0 Å². The average Bonchev–Trinajstić information content (AvgIpc) is 2.18. The summed E-state index contributed by atoms with van der Waals surface area (Å²) < 4.78 is 23.6. The summed E-state index contributed by atoms with van der Waals surface area (Å²) in [7, 11) is -3.32. The van der Waals surface area contributed by atoms with Gasteiger partial charge < -0.3 is 10.8 Å². The maximum atomic E-state index is 11.8. The van der Waals surface area contributed by atoms with Crippen LogP contribution in [0.2, 0.25) is 0 Å². The van der Waals surface area contributed by atoms with Gasteiger partial charge in [0.1, 0.15) is 0 Å². The molecule has 0 atom stereocenters. The number of nitrogen functional groups attached to an aromatic ring is 1. The van der Waals surface area contributed by atoms with Gasteiger partial charge in [0.25, 0.3) is 0 Å². The van der Waals surface area contributed by atoms with Gasteiger partial charge in [-0.2, -0.15) is 0 Å². The zero-order valence-corrected chi connectivity index (χ0v) is 9.42. The molecule has 15 heavy (non-hydrogen) atoms. The highest BCUT2D eigenvalue weighted by atomic mass is 32.2. The van der Waals surface area contributed by atoms with Crippen LogP contribution in [-0.4, -0.2) is 25.9 Å². The van der Waals surface area contributed by atoms with Crippen LogP contribution in [0.25, 0.3) is 0 Å². The highest BCUT2D eigenvalue weighted by Gasteiger charge is 2.16. The minimum Gasteiger partial charge on any atom is -0.399 e. The van der Waals surface area contributed by atoms with Crippen molar-refractivity contribution in [3.05, 3.63) is 23.8 Å². The molecule has 0 aromatic heterocycles. The Kier molecular flexibility index (Phi) is 3.71. The molecule has 0 aliphatic rings. The summed E-state index contributed by atoms with van der Waals surface area (Å²) in [5, 5.41) is 8.61. The molecule has 5 heteroatoms. The van der Waals surface area contributed by atoms with Gasteiger partial charge in [0.05, 0.1) is 10.6 Å². The van der Waals surface area contributed by atoms with Gasteiger partial charge in [0, 0.05) is 12.3 Å². The second-order valence-corrected chi connectivity index (χ2v) is 5.50. The molecule has 0 heterocycles. The number of aryl methyl sites for hydroxylation is 1. The fourth-order valence-corrected chi connectivity index (χ4v) is 2.92. The Labute approximate surface area is 89.7 Å². The summed E-state index contributed by atoms with van der Waals surface area (Å²) in [4.78, 5) is 0.260. The minimum atomic E-state index is -3.32. The Hall–Kier alpha value is -1.07. The first kappa shape index (κ1) is 12.0. The summed E-state index contributed by atoms with van der Waals surface area (Å²) in [5.74, 6) is -0.0478. The van der Waals surface area contributed by atoms with Crippen molar-refractivity contribution in [1.82, 2.24) is 0 Å². The van der Waals surface area contributed by atoms with Gasteiger partial charge in [-0.3, -0.25) is 0 Å². The van der Waals surface area contributed by atoms with Gasteiger partial charge >= 0.3 is 0 Å². The number of hydrogen-bond donors (Lipinski definition) is 2. The Morgan fingerprint density at radius 1 is 1.40 bits per heavy atom. The van der Waals surface area contributed by atoms with E-state index in [1.165, 1.54) is 6.07 Å². The topological polar surface area (TPSA) is 80.4 Å². The number of aliphatic hydroxyl groups is 1. The third kappa shape index (κ3) is 2.94. The fourth-order valence-electron chi connectivity index (χ4n) is 1.32. The molecule has 3 N–H and O–H groups in total. The van der Waals surface area contributed by atoms with Crippen molar-refractivity contribution in [1.29, 1.82) is 0 Å². The standard InChI is InChI=1S/C10H15NO3S/c1-8-3-4-9(11)7-10(8)15(13,14)6-2-5-12/h3-4,7,12H,2,5-6,11H2,1H3. The number of hydrogen-bond acceptors (Lipinski definition) is 4. The van der Waals surface area contributed by atoms with Crippen LogP contribution in [0.3, 0.4) is 0 Å². The quantitative estimate of drug-likeness (QED) is 0.746. The molecule has 0 fully saturated rings. The Bertz CT molecular complexity index is 440. The molecule has 4 nitrogen and oxygen atoms in total. The van der Waals surface area contributed by atoms with Crippen LogP contribution in [0.4, 0.5) is 5.69 Å². The van der Waals surface area contributed by atoms with E-state index in [1.807, 2.05) is 0 Å². The second-order valence-electron chi connectivity index (χ2n) is 3.42. The molecule has 0 unspecified atom stereocenters. The maximum absolute atomic E-state index is 11.8. The van der Waals surface area contributed by atoms with Gasteiger partial charge in [0.2, 0.25) is 0 Å². The van der Waals surface area contributed by atoms with Gasteiger partial charge in [-0.15, -0.1) is 0 Å². The van der Waals surface area contributed by atoms with Crippen LogP contribution in [0.1, 0.15) is 12.0 Å². The third-order valence-electron chi connectivity index (χ3n) is 2.12.